The van der Waals surface area contributed by atoms with Crippen LogP contribution in [-0.2, 0) is 0 Å². The highest BCUT2D eigenvalue weighted by atomic mass is 19.3. The smallest absolute Gasteiger partial charge is 0.207 e. The molecule has 1 fully saturated rings. The molecule has 26 heavy (non-hydrogen) atoms. The van der Waals surface area contributed by atoms with Crippen LogP contribution in [0.15, 0.2) is 30.3 Å². The maximum Gasteiger partial charge on any atom is 0.248 e. The molecule has 0 amide bonds. The van der Waals surface area contributed by atoms with Crippen molar-refractivity contribution in [3.05, 3.63) is 70.3 Å². The summed E-state index contributed by atoms with van der Waals surface area (Å²) in [6, 6.07) is 5.58. The van der Waals surface area contributed by atoms with Gasteiger partial charge in [-0.25, -0.2) is 26.3 Å². The van der Waals surface area contributed by atoms with Crippen molar-refractivity contribution in [2.45, 2.75) is 37.5 Å². The minimum absolute atomic E-state index is 0.0661. The second-order valence-electron chi connectivity index (χ2n) is 6.34. The molecule has 0 bridgehead atoms. The van der Waals surface area contributed by atoms with E-state index in [-0.39, 0.29) is 42.4 Å². The van der Waals surface area contributed by atoms with Crippen LogP contribution in [0.5, 0.6) is 0 Å². The molecule has 0 aromatic heterocycles. The lowest BCUT2D eigenvalue weighted by atomic mass is 9.82. The SMILES string of the molecule is Fc1ccc(C#Cc2ccc(C3CCC(F)(F)CC3)c(F)c2F)cc1F. The Balaban J connectivity index is 1.84. The first-order valence-corrected chi connectivity index (χ1v) is 8.09. The second-order valence-corrected chi connectivity index (χ2v) is 6.34. The fourth-order valence-corrected chi connectivity index (χ4v) is 3.04. The molecule has 0 nitrogen and oxygen atoms in total. The molecule has 0 N–H and O–H groups in total. The largest absolute Gasteiger partial charge is 0.248 e. The fourth-order valence-electron chi connectivity index (χ4n) is 3.04. The third-order valence-electron chi connectivity index (χ3n) is 4.53. The lowest BCUT2D eigenvalue weighted by Crippen LogP contribution is -2.24. The number of halogens is 6. The summed E-state index contributed by atoms with van der Waals surface area (Å²) < 4.78 is 81.0. The molecule has 1 saturated carbocycles. The maximum atomic E-state index is 14.3. The molecule has 3 rings (SSSR count). The summed E-state index contributed by atoms with van der Waals surface area (Å²) in [5.74, 6) is -2.77. The van der Waals surface area contributed by atoms with E-state index in [1.807, 2.05) is 0 Å². The van der Waals surface area contributed by atoms with Crippen LogP contribution in [0, 0.1) is 35.1 Å². The molecule has 0 unspecified atom stereocenters. The maximum absolute atomic E-state index is 14.3. The Morgan fingerprint density at radius 1 is 0.808 bits per heavy atom. The minimum atomic E-state index is -2.75. The van der Waals surface area contributed by atoms with E-state index in [9.17, 15) is 26.3 Å². The van der Waals surface area contributed by atoms with Gasteiger partial charge in [0, 0.05) is 18.4 Å². The molecule has 2 aromatic rings. The predicted molar refractivity (Wildman–Crippen MR) is 84.9 cm³/mol. The van der Waals surface area contributed by atoms with E-state index in [0.717, 1.165) is 12.1 Å². The topological polar surface area (TPSA) is 0 Å². The Labute approximate surface area is 146 Å². The lowest BCUT2D eigenvalue weighted by molar-refractivity contribution is -0.0384. The van der Waals surface area contributed by atoms with Gasteiger partial charge < -0.3 is 0 Å². The first kappa shape index (κ1) is 18.4. The summed E-state index contributed by atoms with van der Waals surface area (Å²) in [6.45, 7) is 0. The van der Waals surface area contributed by atoms with Crippen LogP contribution in [0.2, 0.25) is 0 Å². The fraction of sp³-hybridized carbons (Fsp3) is 0.300. The highest BCUT2D eigenvalue weighted by Crippen LogP contribution is 2.41. The molecule has 0 saturated heterocycles. The van der Waals surface area contributed by atoms with E-state index in [2.05, 4.69) is 11.8 Å². The summed E-state index contributed by atoms with van der Waals surface area (Å²) in [6.07, 6.45) is -0.528. The van der Waals surface area contributed by atoms with Gasteiger partial charge in [-0.05, 0) is 48.6 Å². The zero-order chi connectivity index (χ0) is 18.9. The van der Waals surface area contributed by atoms with Gasteiger partial charge in [0.1, 0.15) is 0 Å². The molecule has 0 atom stereocenters. The molecule has 6 heteroatoms. The van der Waals surface area contributed by atoms with E-state index in [1.54, 1.807) is 0 Å². The molecule has 0 heterocycles. The van der Waals surface area contributed by atoms with Crippen molar-refractivity contribution in [2.24, 2.45) is 0 Å². The van der Waals surface area contributed by atoms with Crippen LogP contribution in [0.4, 0.5) is 26.3 Å². The summed E-state index contributed by atoms with van der Waals surface area (Å²) in [4.78, 5) is 0. The first-order chi connectivity index (χ1) is 12.3. The monoisotopic (exact) mass is 368 g/mol. The summed E-state index contributed by atoms with van der Waals surface area (Å²) >= 11 is 0. The van der Waals surface area contributed by atoms with Crippen LogP contribution in [0.1, 0.15) is 48.3 Å². The van der Waals surface area contributed by atoms with Gasteiger partial charge in [0.2, 0.25) is 5.92 Å². The van der Waals surface area contributed by atoms with Crippen molar-refractivity contribution in [3.63, 3.8) is 0 Å². The number of hydrogen-bond donors (Lipinski definition) is 0. The van der Waals surface area contributed by atoms with Gasteiger partial charge in [-0.1, -0.05) is 17.9 Å². The van der Waals surface area contributed by atoms with Gasteiger partial charge in [0.25, 0.3) is 0 Å². The highest BCUT2D eigenvalue weighted by molar-refractivity contribution is 5.45. The Kier molecular flexibility index (Phi) is 4.99. The quantitative estimate of drug-likeness (QED) is 0.432. The van der Waals surface area contributed by atoms with E-state index >= 15 is 0 Å². The molecule has 2 aromatic carbocycles. The molecule has 136 valence electrons. The highest BCUT2D eigenvalue weighted by Gasteiger charge is 2.36. The van der Waals surface area contributed by atoms with Crippen LogP contribution in [-0.4, -0.2) is 5.92 Å². The van der Waals surface area contributed by atoms with Gasteiger partial charge in [-0.3, -0.25) is 0 Å². The lowest BCUT2D eigenvalue weighted by Gasteiger charge is -2.28. The van der Waals surface area contributed by atoms with E-state index in [1.165, 1.54) is 18.2 Å². The third kappa shape index (κ3) is 3.87. The van der Waals surface area contributed by atoms with Crippen molar-refractivity contribution < 1.29 is 26.3 Å². The molecular weight excluding hydrogens is 354 g/mol. The van der Waals surface area contributed by atoms with E-state index in [0.29, 0.717) is 0 Å². The van der Waals surface area contributed by atoms with Crippen LogP contribution >= 0.6 is 0 Å². The molecular formula is C20H14F6. The van der Waals surface area contributed by atoms with Crippen molar-refractivity contribution in [1.29, 1.82) is 0 Å². The zero-order valence-electron chi connectivity index (χ0n) is 13.6. The third-order valence-corrected chi connectivity index (χ3v) is 4.53. The number of rotatable bonds is 1. The summed E-state index contributed by atoms with van der Waals surface area (Å²) in [5, 5.41) is 0. The van der Waals surface area contributed by atoms with Crippen LogP contribution < -0.4 is 0 Å². The Morgan fingerprint density at radius 3 is 2.15 bits per heavy atom. The number of hydrogen-bond acceptors (Lipinski definition) is 0. The number of alkyl halides is 2. The van der Waals surface area contributed by atoms with Crippen molar-refractivity contribution in [1.82, 2.24) is 0 Å². The van der Waals surface area contributed by atoms with E-state index in [4.69, 9.17) is 0 Å². The molecule has 0 spiro atoms. The molecule has 0 radical (unpaired) electrons. The van der Waals surface area contributed by atoms with Gasteiger partial charge >= 0.3 is 0 Å². The molecule has 0 aliphatic heterocycles. The van der Waals surface area contributed by atoms with Crippen molar-refractivity contribution in [2.75, 3.05) is 0 Å². The summed E-state index contributed by atoms with van der Waals surface area (Å²) in [7, 11) is 0. The first-order valence-electron chi connectivity index (χ1n) is 8.09. The standard InChI is InChI=1S/C20H14F6/c21-16-6-2-12(11-17(16)22)1-3-14-4-5-15(19(24)18(14)23)13-7-9-20(25,26)10-8-13/h2,4-6,11,13H,7-10H2. The predicted octanol–water partition coefficient (Wildman–Crippen LogP) is 5.94. The molecule has 1 aliphatic carbocycles. The van der Waals surface area contributed by atoms with E-state index < -0.39 is 35.1 Å². The Morgan fingerprint density at radius 2 is 1.50 bits per heavy atom. The summed E-state index contributed by atoms with van der Waals surface area (Å²) in [5.41, 5.74) is -0.0594. The second kappa shape index (κ2) is 7.06. The normalized spacial score (nSPS) is 16.8. The van der Waals surface area contributed by atoms with Crippen LogP contribution in [0.3, 0.4) is 0 Å². The van der Waals surface area contributed by atoms with Gasteiger partial charge in [0.15, 0.2) is 23.3 Å². The minimum Gasteiger partial charge on any atom is -0.207 e. The number of benzene rings is 2. The van der Waals surface area contributed by atoms with Crippen molar-refractivity contribution >= 4 is 0 Å². The molecule has 1 aliphatic rings. The van der Waals surface area contributed by atoms with Crippen molar-refractivity contribution in [3.8, 4) is 11.8 Å². The van der Waals surface area contributed by atoms with Gasteiger partial charge in [0.05, 0.1) is 5.56 Å². The average Bonchev–Trinajstić information content (AvgIpc) is 2.60. The Bertz CT molecular complexity index is 881. The van der Waals surface area contributed by atoms with Gasteiger partial charge in [-0.2, -0.15) is 0 Å². The zero-order valence-corrected chi connectivity index (χ0v) is 13.6. The Hall–Kier alpha value is -2.42. The average molecular weight is 368 g/mol. The van der Waals surface area contributed by atoms with Gasteiger partial charge in [-0.15, -0.1) is 0 Å². The van der Waals surface area contributed by atoms with Crippen LogP contribution in [0.25, 0.3) is 0 Å².